The van der Waals surface area contributed by atoms with Crippen molar-refractivity contribution in [2.24, 2.45) is 0 Å². The lowest BCUT2D eigenvalue weighted by Crippen LogP contribution is -2.30. The van der Waals surface area contributed by atoms with Gasteiger partial charge in [0.15, 0.2) is 0 Å². The maximum atomic E-state index is 12.6. The maximum Gasteiger partial charge on any atom is 0.270 e. The summed E-state index contributed by atoms with van der Waals surface area (Å²) < 4.78 is 27.8. The predicted molar refractivity (Wildman–Crippen MR) is 124 cm³/mol. The molecule has 0 spiro atoms. The van der Waals surface area contributed by atoms with Gasteiger partial charge in [-0.05, 0) is 54.2 Å². The molecule has 1 aliphatic rings. The number of non-ortho nitro benzene ring substituents is 1. The molecule has 8 heteroatoms. The molecule has 3 aromatic carbocycles. The molecule has 0 fully saturated rings. The van der Waals surface area contributed by atoms with E-state index < -0.39 is 14.9 Å². The van der Waals surface area contributed by atoms with Crippen molar-refractivity contribution in [3.8, 4) is 0 Å². The fraction of sp³-hybridized carbons (Fsp3) is 0.250. The molecular weight excluding hydrogens is 426 g/mol. The van der Waals surface area contributed by atoms with Crippen LogP contribution in [0.3, 0.4) is 0 Å². The number of benzene rings is 3. The molecule has 0 aliphatic carbocycles. The average molecular weight is 452 g/mol. The molecule has 0 radical (unpaired) electrons. The van der Waals surface area contributed by atoms with E-state index in [1.54, 1.807) is 6.92 Å². The van der Waals surface area contributed by atoms with Crippen molar-refractivity contribution in [3.05, 3.63) is 99.1 Å². The van der Waals surface area contributed by atoms with E-state index in [0.717, 1.165) is 36.8 Å². The van der Waals surface area contributed by atoms with Crippen molar-refractivity contribution in [3.63, 3.8) is 0 Å². The van der Waals surface area contributed by atoms with E-state index in [2.05, 4.69) is 46.0 Å². The molecule has 0 amide bonds. The Kier molecular flexibility index (Phi) is 6.25. The summed E-state index contributed by atoms with van der Waals surface area (Å²) in [6, 6.07) is 20.5. The Hall–Kier alpha value is -3.23. The molecule has 0 unspecified atom stereocenters. The van der Waals surface area contributed by atoms with Gasteiger partial charge in [-0.3, -0.25) is 10.1 Å². The third kappa shape index (κ3) is 4.81. The van der Waals surface area contributed by atoms with Crippen LogP contribution in [0, 0.1) is 17.0 Å². The van der Waals surface area contributed by atoms with Crippen LogP contribution in [0.4, 0.5) is 11.4 Å². The lowest BCUT2D eigenvalue weighted by molar-refractivity contribution is -0.385. The summed E-state index contributed by atoms with van der Waals surface area (Å²) >= 11 is 0. The predicted octanol–water partition coefficient (Wildman–Crippen LogP) is 3.99. The number of hydrogen-bond acceptors (Lipinski definition) is 5. The largest absolute Gasteiger partial charge is 0.367 e. The minimum absolute atomic E-state index is 0.0626. The highest BCUT2D eigenvalue weighted by Gasteiger charge is 2.20. The Bertz CT molecular complexity index is 1240. The van der Waals surface area contributed by atoms with Crippen LogP contribution in [-0.4, -0.2) is 26.4 Å². The van der Waals surface area contributed by atoms with Crippen LogP contribution in [0.25, 0.3) is 0 Å². The van der Waals surface area contributed by atoms with Crippen molar-refractivity contribution < 1.29 is 13.3 Å². The van der Waals surface area contributed by atoms with Crippen molar-refractivity contribution in [2.45, 2.75) is 31.2 Å². The number of sulfonamides is 1. The molecule has 166 valence electrons. The van der Waals surface area contributed by atoms with Crippen molar-refractivity contribution in [1.82, 2.24) is 4.72 Å². The first-order valence-electron chi connectivity index (χ1n) is 10.5. The zero-order chi connectivity index (χ0) is 22.7. The second-order valence-electron chi connectivity index (χ2n) is 7.96. The highest BCUT2D eigenvalue weighted by atomic mass is 32.2. The molecule has 0 bridgehead atoms. The Morgan fingerprint density at radius 1 is 1.03 bits per heavy atom. The van der Waals surface area contributed by atoms with Gasteiger partial charge in [-0.1, -0.05) is 42.5 Å². The summed E-state index contributed by atoms with van der Waals surface area (Å²) in [6.07, 6.45) is 1.55. The van der Waals surface area contributed by atoms with Gasteiger partial charge < -0.3 is 4.90 Å². The van der Waals surface area contributed by atoms with Crippen LogP contribution in [0.2, 0.25) is 0 Å². The average Bonchev–Trinajstić information content (AvgIpc) is 2.79. The second-order valence-corrected chi connectivity index (χ2v) is 9.70. The van der Waals surface area contributed by atoms with Gasteiger partial charge in [-0.2, -0.15) is 0 Å². The number of rotatable bonds is 7. The van der Waals surface area contributed by atoms with E-state index in [0.29, 0.717) is 12.0 Å². The minimum Gasteiger partial charge on any atom is -0.367 e. The summed E-state index contributed by atoms with van der Waals surface area (Å²) in [5.41, 5.74) is 5.16. The number of hydrogen-bond donors (Lipinski definition) is 1. The SMILES string of the molecule is Cc1ccc([N+](=O)[O-])cc1S(=O)(=O)NCCc1ccc(N2CCc3ccccc3C2)cc1. The van der Waals surface area contributed by atoms with Crippen molar-refractivity contribution in [2.75, 3.05) is 18.0 Å². The minimum atomic E-state index is -3.83. The number of nitrogens with one attached hydrogen (secondary N) is 1. The Morgan fingerprint density at radius 3 is 2.47 bits per heavy atom. The second kappa shape index (κ2) is 9.10. The van der Waals surface area contributed by atoms with Crippen LogP contribution in [0.1, 0.15) is 22.3 Å². The lowest BCUT2D eigenvalue weighted by Gasteiger charge is -2.30. The van der Waals surface area contributed by atoms with Gasteiger partial charge in [0.1, 0.15) is 0 Å². The van der Waals surface area contributed by atoms with Gasteiger partial charge in [-0.25, -0.2) is 13.1 Å². The molecule has 32 heavy (non-hydrogen) atoms. The van der Waals surface area contributed by atoms with Gasteiger partial charge in [0.05, 0.1) is 9.82 Å². The van der Waals surface area contributed by atoms with Crippen LogP contribution >= 0.6 is 0 Å². The molecule has 0 saturated carbocycles. The lowest BCUT2D eigenvalue weighted by atomic mass is 9.99. The van der Waals surface area contributed by atoms with E-state index in [-0.39, 0.29) is 17.1 Å². The number of anilines is 1. The zero-order valence-electron chi connectivity index (χ0n) is 17.8. The third-order valence-electron chi connectivity index (χ3n) is 5.81. The number of nitro groups is 1. The summed E-state index contributed by atoms with van der Waals surface area (Å²) in [6.45, 7) is 3.69. The fourth-order valence-corrected chi connectivity index (χ4v) is 5.28. The molecule has 7 nitrogen and oxygen atoms in total. The monoisotopic (exact) mass is 451 g/mol. The summed E-state index contributed by atoms with van der Waals surface area (Å²) in [5, 5.41) is 11.0. The van der Waals surface area contributed by atoms with E-state index in [4.69, 9.17) is 0 Å². The molecule has 1 N–H and O–H groups in total. The standard InChI is InChI=1S/C24H25N3O4S/c1-18-6-9-23(27(28)29)16-24(18)32(30,31)25-14-12-19-7-10-22(11-8-19)26-15-13-20-4-2-3-5-21(20)17-26/h2-11,16,25H,12-15,17H2,1H3. The van der Waals surface area contributed by atoms with Gasteiger partial charge in [0, 0.05) is 37.5 Å². The molecule has 4 rings (SSSR count). The first-order chi connectivity index (χ1) is 15.3. The zero-order valence-corrected chi connectivity index (χ0v) is 18.6. The van der Waals surface area contributed by atoms with E-state index >= 15 is 0 Å². The summed E-state index contributed by atoms with van der Waals surface area (Å²) in [7, 11) is -3.83. The number of nitro benzene ring substituents is 1. The first-order valence-corrected chi connectivity index (χ1v) is 12.0. The number of nitrogens with zero attached hydrogens (tertiary/aromatic N) is 2. The van der Waals surface area contributed by atoms with Crippen LogP contribution in [0.5, 0.6) is 0 Å². The molecular formula is C24H25N3O4S. The topological polar surface area (TPSA) is 92.5 Å². The quantitative estimate of drug-likeness (QED) is 0.433. The molecule has 0 atom stereocenters. The third-order valence-corrected chi connectivity index (χ3v) is 7.41. The Balaban J connectivity index is 1.37. The smallest absolute Gasteiger partial charge is 0.270 e. The summed E-state index contributed by atoms with van der Waals surface area (Å²) in [5.74, 6) is 0. The highest BCUT2D eigenvalue weighted by Crippen LogP contribution is 2.25. The van der Waals surface area contributed by atoms with Gasteiger partial charge >= 0.3 is 0 Å². The molecule has 0 saturated heterocycles. The maximum absolute atomic E-state index is 12.6. The molecule has 1 aliphatic heterocycles. The Morgan fingerprint density at radius 2 is 1.75 bits per heavy atom. The van der Waals surface area contributed by atoms with Gasteiger partial charge in [0.25, 0.3) is 5.69 Å². The first kappa shape index (κ1) is 22.0. The van der Waals surface area contributed by atoms with Crippen LogP contribution in [-0.2, 0) is 29.4 Å². The van der Waals surface area contributed by atoms with E-state index in [1.165, 1.54) is 23.3 Å². The Labute approximate surface area is 187 Å². The van der Waals surface area contributed by atoms with Crippen LogP contribution in [0.15, 0.2) is 71.6 Å². The van der Waals surface area contributed by atoms with Crippen molar-refractivity contribution >= 4 is 21.4 Å². The van der Waals surface area contributed by atoms with E-state index in [1.807, 2.05) is 12.1 Å². The van der Waals surface area contributed by atoms with E-state index in [9.17, 15) is 18.5 Å². The molecule has 3 aromatic rings. The van der Waals surface area contributed by atoms with Gasteiger partial charge in [-0.15, -0.1) is 0 Å². The number of fused-ring (bicyclic) bond motifs is 1. The highest BCUT2D eigenvalue weighted by molar-refractivity contribution is 7.89. The van der Waals surface area contributed by atoms with Gasteiger partial charge in [0.2, 0.25) is 10.0 Å². The van der Waals surface area contributed by atoms with Crippen LogP contribution < -0.4 is 9.62 Å². The fourth-order valence-electron chi connectivity index (χ4n) is 3.99. The normalized spacial score (nSPS) is 13.6. The number of aryl methyl sites for hydroxylation is 1. The van der Waals surface area contributed by atoms with Crippen molar-refractivity contribution in [1.29, 1.82) is 0 Å². The molecule has 1 heterocycles. The molecule has 0 aromatic heterocycles. The summed E-state index contributed by atoms with van der Waals surface area (Å²) in [4.78, 5) is 12.7.